The van der Waals surface area contributed by atoms with Crippen molar-refractivity contribution in [3.63, 3.8) is 0 Å². The van der Waals surface area contributed by atoms with Crippen LogP contribution in [0.5, 0.6) is 0 Å². The van der Waals surface area contributed by atoms with Crippen LogP contribution < -0.4 is 31.9 Å². The van der Waals surface area contributed by atoms with Gasteiger partial charge in [-0.2, -0.15) is 16.8 Å². The van der Waals surface area contributed by atoms with E-state index in [2.05, 4.69) is 31.9 Å². The summed E-state index contributed by atoms with van der Waals surface area (Å²) in [5, 5.41) is 17.1. The first kappa shape index (κ1) is 40.0. The second kappa shape index (κ2) is 17.5. The zero-order valence-electron chi connectivity index (χ0n) is 25.8. The summed E-state index contributed by atoms with van der Waals surface area (Å²) in [7, 11) is -8.76. The summed E-state index contributed by atoms with van der Waals surface area (Å²) < 4.78 is 62.5. The Morgan fingerprint density at radius 1 is 0.500 bits per heavy atom. The third-order valence-corrected chi connectivity index (χ3v) is 8.94. The fourth-order valence-corrected chi connectivity index (χ4v) is 6.35. The van der Waals surface area contributed by atoms with Gasteiger partial charge >= 0.3 is 0 Å². The minimum absolute atomic E-state index is 0.130. The minimum atomic E-state index is -4.38. The molecule has 50 heavy (non-hydrogen) atoms. The van der Waals surface area contributed by atoms with Gasteiger partial charge in [-0.3, -0.25) is 18.7 Å². The SMILES string of the molecule is CC(=O)Nc1ccc(NC(=S)Nc2ccc(S(=O)(=O)O)c(Cl)c2)cc1.CC(=O)Nc1ccc(NC(=S)Nc2ccc(S(=O)(=O)O)c(Cl)c2)cc1. The Morgan fingerprint density at radius 3 is 0.980 bits per heavy atom. The summed E-state index contributed by atoms with van der Waals surface area (Å²) >= 11 is 22.0. The van der Waals surface area contributed by atoms with E-state index in [0.717, 1.165) is 0 Å². The standard InChI is InChI=1S/2C15H14ClN3O4S2/c2*1-9(20)17-10-2-4-11(5-3-10)18-15(24)19-12-6-7-14(13(16)8-12)25(21,22)23/h2*2-8H,1H3,(H,17,20)(H2,18,19,24)(H,21,22,23). The first-order chi connectivity index (χ1) is 23.3. The maximum absolute atomic E-state index is 11.1. The summed E-state index contributed by atoms with van der Waals surface area (Å²) in [5.41, 5.74) is 3.59. The number of benzene rings is 4. The van der Waals surface area contributed by atoms with Gasteiger partial charge in [0.2, 0.25) is 11.8 Å². The number of hydrogen-bond acceptors (Lipinski definition) is 8. The van der Waals surface area contributed by atoms with Crippen molar-refractivity contribution in [3.05, 3.63) is 95.0 Å². The molecular formula is C30H28Cl2N6O8S4. The van der Waals surface area contributed by atoms with Crippen molar-refractivity contribution in [1.29, 1.82) is 0 Å². The Bertz CT molecular complexity index is 1980. The Balaban J connectivity index is 0.000000270. The second-order valence-electron chi connectivity index (χ2n) is 9.92. The van der Waals surface area contributed by atoms with E-state index in [1.54, 1.807) is 48.5 Å². The van der Waals surface area contributed by atoms with Gasteiger partial charge < -0.3 is 31.9 Å². The van der Waals surface area contributed by atoms with E-state index in [1.165, 1.54) is 50.2 Å². The molecule has 0 bridgehead atoms. The van der Waals surface area contributed by atoms with Gasteiger partial charge in [-0.05, 0) is 109 Å². The van der Waals surface area contributed by atoms with Crippen LogP contribution in [0.3, 0.4) is 0 Å². The van der Waals surface area contributed by atoms with Crippen molar-refractivity contribution in [2.75, 3.05) is 31.9 Å². The quantitative estimate of drug-likeness (QED) is 0.0688. The van der Waals surface area contributed by atoms with Crippen LogP contribution in [0, 0.1) is 0 Å². The lowest BCUT2D eigenvalue weighted by atomic mass is 10.3. The van der Waals surface area contributed by atoms with Crippen LogP contribution in [0.1, 0.15) is 13.8 Å². The normalized spacial score (nSPS) is 10.8. The van der Waals surface area contributed by atoms with Gasteiger partial charge in [-0.15, -0.1) is 0 Å². The van der Waals surface area contributed by atoms with E-state index in [9.17, 15) is 26.4 Å². The molecule has 4 aromatic rings. The number of rotatable bonds is 8. The molecule has 0 fully saturated rings. The van der Waals surface area contributed by atoms with Gasteiger partial charge in [0.05, 0.1) is 10.0 Å². The predicted molar refractivity (Wildman–Crippen MR) is 204 cm³/mol. The number of nitrogens with one attached hydrogen (secondary N) is 6. The number of halogens is 2. The van der Waals surface area contributed by atoms with Crippen LogP contribution in [0.25, 0.3) is 0 Å². The number of anilines is 6. The predicted octanol–water partition coefficient (Wildman–Crippen LogP) is 6.71. The van der Waals surface area contributed by atoms with Crippen molar-refractivity contribution < 1.29 is 35.5 Å². The first-order valence-corrected chi connectivity index (χ1v) is 18.2. The number of amides is 2. The number of carbonyl (C=O) groups excluding carboxylic acids is 2. The lowest BCUT2D eigenvalue weighted by Crippen LogP contribution is -2.19. The van der Waals surface area contributed by atoms with E-state index in [1.807, 2.05) is 0 Å². The Morgan fingerprint density at radius 2 is 0.740 bits per heavy atom. The molecule has 0 aliphatic rings. The van der Waals surface area contributed by atoms with E-state index >= 15 is 0 Å². The van der Waals surface area contributed by atoms with Gasteiger partial charge in [0.25, 0.3) is 20.2 Å². The monoisotopic (exact) mass is 798 g/mol. The number of hydrogen-bond donors (Lipinski definition) is 8. The summed E-state index contributed by atoms with van der Waals surface area (Å²) in [6.07, 6.45) is 0. The molecule has 2 amide bonds. The summed E-state index contributed by atoms with van der Waals surface area (Å²) in [5.74, 6) is -0.328. The van der Waals surface area contributed by atoms with E-state index in [0.29, 0.717) is 34.1 Å². The molecule has 4 rings (SSSR count). The molecule has 0 radical (unpaired) electrons. The van der Waals surface area contributed by atoms with Crippen LogP contribution in [-0.2, 0) is 29.8 Å². The Kier molecular flexibility index (Phi) is 14.0. The zero-order chi connectivity index (χ0) is 37.2. The van der Waals surface area contributed by atoms with E-state index in [4.69, 9.17) is 56.7 Å². The van der Waals surface area contributed by atoms with Gasteiger partial charge in [0, 0.05) is 48.0 Å². The van der Waals surface area contributed by atoms with Crippen LogP contribution in [0.15, 0.2) is 94.7 Å². The van der Waals surface area contributed by atoms with E-state index in [-0.39, 0.29) is 41.9 Å². The van der Waals surface area contributed by atoms with Crippen LogP contribution in [0.2, 0.25) is 10.0 Å². The first-order valence-electron chi connectivity index (χ1n) is 13.8. The van der Waals surface area contributed by atoms with Crippen molar-refractivity contribution in [3.8, 4) is 0 Å². The van der Waals surface area contributed by atoms with Crippen molar-refractivity contribution in [1.82, 2.24) is 0 Å². The molecule has 0 spiro atoms. The fraction of sp³-hybridized carbons (Fsp3) is 0.0667. The van der Waals surface area contributed by atoms with Crippen LogP contribution in [-0.4, -0.2) is 48.0 Å². The fourth-order valence-electron chi connectivity index (χ4n) is 3.84. The van der Waals surface area contributed by atoms with Crippen LogP contribution in [0.4, 0.5) is 34.1 Å². The minimum Gasteiger partial charge on any atom is -0.332 e. The molecule has 14 nitrogen and oxygen atoms in total. The molecule has 0 saturated carbocycles. The van der Waals surface area contributed by atoms with Crippen LogP contribution >= 0.6 is 47.6 Å². The average molecular weight is 800 g/mol. The molecule has 264 valence electrons. The molecule has 4 aromatic carbocycles. The van der Waals surface area contributed by atoms with Crippen molar-refractivity contribution in [2.45, 2.75) is 23.6 Å². The molecule has 0 aliphatic heterocycles. The highest BCUT2D eigenvalue weighted by atomic mass is 35.5. The molecule has 0 heterocycles. The summed E-state index contributed by atoms with van der Waals surface area (Å²) in [6, 6.07) is 21.6. The van der Waals surface area contributed by atoms with Gasteiger partial charge in [-0.1, -0.05) is 23.2 Å². The average Bonchev–Trinajstić information content (AvgIpc) is 2.98. The smallest absolute Gasteiger partial charge is 0.296 e. The highest BCUT2D eigenvalue weighted by Gasteiger charge is 2.16. The molecule has 0 atom stereocenters. The third kappa shape index (κ3) is 13.1. The maximum atomic E-state index is 11.1. The topological polar surface area (TPSA) is 215 Å². The lowest BCUT2D eigenvalue weighted by Gasteiger charge is -2.12. The molecule has 0 unspecified atom stereocenters. The maximum Gasteiger partial charge on any atom is 0.296 e. The van der Waals surface area contributed by atoms with Gasteiger partial charge in [0.1, 0.15) is 9.79 Å². The zero-order valence-corrected chi connectivity index (χ0v) is 30.6. The van der Waals surface area contributed by atoms with Crippen molar-refractivity contribution in [2.24, 2.45) is 0 Å². The second-order valence-corrected chi connectivity index (χ2v) is 14.3. The Hall–Kier alpha value is -4.40. The van der Waals surface area contributed by atoms with Gasteiger partial charge in [-0.25, -0.2) is 0 Å². The third-order valence-electron chi connectivity index (χ3n) is 5.86. The summed E-state index contributed by atoms with van der Waals surface area (Å²) in [6.45, 7) is 2.84. The lowest BCUT2D eigenvalue weighted by molar-refractivity contribution is -0.115. The molecule has 0 saturated heterocycles. The number of carbonyl (C=O) groups is 2. The largest absolute Gasteiger partial charge is 0.332 e. The summed E-state index contributed by atoms with van der Waals surface area (Å²) in [4.78, 5) is 21.2. The molecule has 8 N–H and O–H groups in total. The Labute approximate surface area is 308 Å². The van der Waals surface area contributed by atoms with Gasteiger partial charge in [0.15, 0.2) is 10.2 Å². The van der Waals surface area contributed by atoms with Crippen molar-refractivity contribution >= 4 is 124 Å². The molecule has 20 heteroatoms. The number of thiocarbonyl (C=S) groups is 2. The molecule has 0 aromatic heterocycles. The highest BCUT2D eigenvalue weighted by Crippen LogP contribution is 2.26. The molecular weight excluding hydrogens is 772 g/mol. The molecule has 0 aliphatic carbocycles. The van der Waals surface area contributed by atoms with E-state index < -0.39 is 20.2 Å². The highest BCUT2D eigenvalue weighted by molar-refractivity contribution is 7.86.